The third-order valence-electron chi connectivity index (χ3n) is 19.0. The molecule has 93 heavy (non-hydrogen) atoms. The van der Waals surface area contributed by atoms with Crippen LogP contribution in [-0.4, -0.2) is 190 Å². The minimum absolute atomic E-state index is 0.0467. The van der Waals surface area contributed by atoms with Gasteiger partial charge in [0.2, 0.25) is 0 Å². The lowest BCUT2D eigenvalue weighted by atomic mass is 10.1. The van der Waals surface area contributed by atoms with E-state index >= 15 is 0 Å². The molecule has 4 aliphatic rings. The van der Waals surface area contributed by atoms with Crippen molar-refractivity contribution in [1.82, 2.24) is 68.9 Å². The molecule has 6 aromatic heterocycles. The lowest BCUT2D eigenvalue weighted by molar-refractivity contribution is 0.158. The zero-order chi connectivity index (χ0) is 65.6. The number of hydrogen-bond donors (Lipinski definition) is 5. The fourth-order valence-electron chi connectivity index (χ4n) is 12.8. The lowest BCUT2D eigenvalue weighted by Crippen LogP contribution is -2.42. The van der Waals surface area contributed by atoms with Gasteiger partial charge in [-0.05, 0) is 79.5 Å². The van der Waals surface area contributed by atoms with Crippen LogP contribution in [0.5, 0.6) is 0 Å². The highest BCUT2D eigenvalue weighted by molar-refractivity contribution is 6.74. The maximum atomic E-state index is 14.0. The Morgan fingerprint density at radius 2 is 0.968 bits per heavy atom. The summed E-state index contributed by atoms with van der Waals surface area (Å²) in [7, 11) is 1.55. The molecule has 25 heteroatoms. The average Bonchev–Trinajstić information content (AvgIpc) is 1.65. The van der Waals surface area contributed by atoms with Crippen LogP contribution in [0.2, 0.25) is 18.1 Å². The molecule has 4 aliphatic heterocycles. The summed E-state index contributed by atoms with van der Waals surface area (Å²) in [6, 6.07) is 24.0. The summed E-state index contributed by atoms with van der Waals surface area (Å²) >= 11 is 0. The van der Waals surface area contributed by atoms with Gasteiger partial charge < -0.3 is 38.8 Å². The number of β-amino-alcohol motifs (C(OH)–C–C–N with tert-alkyl or cyclic N) is 1. The van der Waals surface area contributed by atoms with E-state index in [9.17, 15) is 22.7 Å². The molecule has 2 saturated heterocycles. The van der Waals surface area contributed by atoms with Crippen molar-refractivity contribution < 1.29 is 36.6 Å². The Balaban J connectivity index is 0.000000192. The number of rotatable bonds is 26. The van der Waals surface area contributed by atoms with Crippen molar-refractivity contribution in [2.75, 3.05) is 117 Å². The van der Waals surface area contributed by atoms with Crippen LogP contribution in [0.4, 0.5) is 29.2 Å². The zero-order valence-electron chi connectivity index (χ0n) is 55.0. The maximum Gasteiger partial charge on any atom is 0.192 e. The van der Waals surface area contributed by atoms with Crippen LogP contribution in [0.15, 0.2) is 110 Å². The number of ether oxygens (including phenoxy) is 2. The molecule has 2 fully saturated rings. The summed E-state index contributed by atoms with van der Waals surface area (Å²) in [5, 5.41) is 34.0. The van der Waals surface area contributed by atoms with Crippen molar-refractivity contribution in [2.24, 2.45) is 0 Å². The van der Waals surface area contributed by atoms with Gasteiger partial charge >= 0.3 is 0 Å². The summed E-state index contributed by atoms with van der Waals surface area (Å²) in [5.74, 6) is -1.64. The van der Waals surface area contributed by atoms with Gasteiger partial charge in [-0.25, -0.2) is 26.9 Å². The van der Waals surface area contributed by atoms with Gasteiger partial charge in [-0.3, -0.25) is 40.2 Å². The molecule has 2 aromatic carbocycles. The fraction of sp³-hybridized carbons (Fsp3) is 0.471. The summed E-state index contributed by atoms with van der Waals surface area (Å²) in [6.07, 6.45) is 8.77. The van der Waals surface area contributed by atoms with Gasteiger partial charge in [-0.15, -0.1) is 0 Å². The molecular weight excluding hydrogens is 1210 g/mol. The smallest absolute Gasteiger partial charge is 0.192 e. The number of para-hydroxylation sites is 2. The number of nitrogens with one attached hydrogen (secondary N) is 4. The van der Waals surface area contributed by atoms with Crippen molar-refractivity contribution in [1.29, 1.82) is 0 Å². The van der Waals surface area contributed by atoms with Crippen LogP contribution in [-0.2, 0) is 40.1 Å². The van der Waals surface area contributed by atoms with E-state index in [2.05, 4.69) is 93.8 Å². The molecule has 0 aliphatic carbocycles. The second kappa shape index (κ2) is 29.7. The number of aromatic nitrogens is 8. The van der Waals surface area contributed by atoms with Crippen LogP contribution in [0.3, 0.4) is 0 Å². The molecule has 20 nitrogen and oxygen atoms in total. The predicted molar refractivity (Wildman–Crippen MR) is 356 cm³/mol. The molecule has 0 spiro atoms. The van der Waals surface area contributed by atoms with E-state index in [0.717, 1.165) is 133 Å². The highest BCUT2D eigenvalue weighted by Crippen LogP contribution is 2.38. The minimum Gasteiger partial charge on any atom is -0.416 e. The van der Waals surface area contributed by atoms with Gasteiger partial charge in [0.25, 0.3) is 0 Å². The number of aliphatic hydroxyl groups excluding tert-OH is 1. The number of fused-ring (bicyclic) bond motifs is 2. The number of aliphatic hydroxyl groups is 1. The number of likely N-dealkylation sites (tertiary alicyclic amines) is 2. The molecule has 10 heterocycles. The molecule has 498 valence electrons. The molecule has 0 saturated carbocycles. The van der Waals surface area contributed by atoms with Gasteiger partial charge in [-0.1, -0.05) is 57.2 Å². The number of nitrogens with zero attached hydrogens (tertiary/aromatic N) is 12. The molecule has 0 amide bonds. The number of benzene rings is 2. The average molecular weight is 1300 g/mol. The Morgan fingerprint density at radius 1 is 0.559 bits per heavy atom. The Kier molecular flexibility index (Phi) is 21.5. The normalized spacial score (nSPS) is 18.8. The van der Waals surface area contributed by atoms with Crippen LogP contribution >= 0.6 is 0 Å². The number of methoxy groups -OCH3 is 2. The van der Waals surface area contributed by atoms with Gasteiger partial charge in [0.05, 0.1) is 79.4 Å². The van der Waals surface area contributed by atoms with Gasteiger partial charge in [-0.2, -0.15) is 10.2 Å². The van der Waals surface area contributed by atoms with Crippen LogP contribution < -0.4 is 21.3 Å². The molecule has 5 N–H and O–H groups in total. The summed E-state index contributed by atoms with van der Waals surface area (Å²) in [5.41, 5.74) is 12.0. The fourth-order valence-corrected chi connectivity index (χ4v) is 13.8. The highest BCUT2D eigenvalue weighted by atomic mass is 28.4. The first-order valence-corrected chi connectivity index (χ1v) is 35.1. The highest BCUT2D eigenvalue weighted by Gasteiger charge is 2.39. The topological polar surface area (TPSA) is 180 Å². The third-order valence-corrected chi connectivity index (χ3v) is 23.5. The Labute approximate surface area is 544 Å². The summed E-state index contributed by atoms with van der Waals surface area (Å²) in [4.78, 5) is 18.7. The van der Waals surface area contributed by atoms with Crippen molar-refractivity contribution in [3.8, 4) is 33.9 Å². The van der Waals surface area contributed by atoms with Crippen LogP contribution in [0.1, 0.15) is 66.5 Å². The standard InChI is InChI=1S/C37H52F2N8O2Si.C31H38F2N8O2/c1-26-35(27-17-28-19-44(22-32(28)40-18-27)14-16-49-50(6,7)37(2,3)4)43-47(29-11-9-8-10-12-29)36(26)42-25-41-33-23-45(13-15-48-5)24-34(33)46-20-30(38)31(39)21-46;1-21-30(22-12-23-14-38(8-10-42)17-27(23)34-13-22)37-41(24-6-4-3-5-7-24)31(21)36-20-35-28-18-39(9-11-43-2)19-29(28)40-15-25(32)26(33)16-40/h8-12,17-18,20-21,33-34,41-42H,13-16,19,22-25H2,1-7H3;3-7,12-13,15-16,28-29,35-36,42H,8-11,14,17-20H2,1-2H3/t33-,34-;28-,29-/m11/s1. The lowest BCUT2D eigenvalue weighted by Gasteiger charge is -2.36. The van der Waals surface area contributed by atoms with E-state index in [0.29, 0.717) is 52.7 Å². The largest absolute Gasteiger partial charge is 0.416 e. The van der Waals surface area contributed by atoms with E-state index < -0.39 is 31.6 Å². The zero-order valence-corrected chi connectivity index (χ0v) is 56.0. The number of halogens is 4. The van der Waals surface area contributed by atoms with Crippen LogP contribution in [0.25, 0.3) is 33.9 Å². The number of anilines is 2. The molecular formula is C68H90F4N16O4Si. The SMILES string of the molecule is COCCN1C[C@@H](n2cc(F)c(F)c2)[C@H](NCNc2c(C)c(-c3cnc4c(c3)CN(CCO)C4)nn2-c2ccccc2)C1.COCCN1C[C@@H](n2cc(F)c(F)c2)[C@H](NCNc2c(C)c(-c3cnc4c(c3)CN(CCO[Si](C)(C)C(C)(C)C)C4)nn2-c2ccccc2)C1. The number of pyridine rings is 2. The second-order valence-corrected chi connectivity index (χ2v) is 31.1. The Hall–Kier alpha value is -7.14. The third kappa shape index (κ3) is 15.5. The Bertz CT molecular complexity index is 3740. The maximum absolute atomic E-state index is 14.0. The van der Waals surface area contributed by atoms with E-state index in [-0.39, 0.29) is 35.8 Å². The van der Waals surface area contributed by atoms with E-state index in [1.54, 1.807) is 23.4 Å². The van der Waals surface area contributed by atoms with E-state index in [4.69, 9.17) is 34.1 Å². The Morgan fingerprint density at radius 3 is 1.37 bits per heavy atom. The van der Waals surface area contributed by atoms with Gasteiger partial charge in [0.15, 0.2) is 31.6 Å². The van der Waals surface area contributed by atoms with Gasteiger partial charge in [0, 0.05) is 171 Å². The molecule has 4 atom stereocenters. The first-order valence-electron chi connectivity index (χ1n) is 32.2. The monoisotopic (exact) mass is 1300 g/mol. The molecule has 12 rings (SSSR count). The van der Waals surface area contributed by atoms with E-state index in [1.165, 1.54) is 30.4 Å². The first kappa shape index (κ1) is 67.3. The van der Waals surface area contributed by atoms with Crippen molar-refractivity contribution >= 4 is 20.0 Å². The molecule has 8 aromatic rings. The molecule has 0 unspecified atom stereocenters. The summed E-state index contributed by atoms with van der Waals surface area (Å²) in [6.45, 7) is 27.3. The van der Waals surface area contributed by atoms with E-state index in [1.807, 2.05) is 89.3 Å². The quantitative estimate of drug-likeness (QED) is 0.0196. The first-order chi connectivity index (χ1) is 44.8. The van der Waals surface area contributed by atoms with Crippen LogP contribution in [0, 0.1) is 37.1 Å². The van der Waals surface area contributed by atoms with Gasteiger partial charge in [0.1, 0.15) is 11.6 Å². The van der Waals surface area contributed by atoms with Crippen molar-refractivity contribution in [3.05, 3.63) is 167 Å². The predicted octanol–water partition coefficient (Wildman–Crippen LogP) is 9.35. The number of hydrogen-bond acceptors (Lipinski definition) is 16. The summed E-state index contributed by atoms with van der Waals surface area (Å²) < 4.78 is 80.0. The van der Waals surface area contributed by atoms with Crippen molar-refractivity contribution in [3.63, 3.8) is 0 Å². The minimum atomic E-state index is -1.79. The molecule has 0 radical (unpaired) electrons. The second-order valence-electron chi connectivity index (χ2n) is 26.3. The van der Waals surface area contributed by atoms with Crippen molar-refractivity contribution in [2.45, 2.75) is 103 Å². The molecule has 0 bridgehead atoms.